The molecule has 5 N–H and O–H groups in total. The molecular weight excluding hydrogens is 342 g/mol. The van der Waals surface area contributed by atoms with Crippen LogP contribution in [0, 0.1) is 0 Å². The Hall–Kier alpha value is -3.72. The molecule has 4 rings (SSSR count). The Balaban J connectivity index is 0.000000167. The Morgan fingerprint density at radius 1 is 0.643 bits per heavy atom. The van der Waals surface area contributed by atoms with Crippen molar-refractivity contribution in [3.05, 3.63) is 120 Å². The minimum atomic E-state index is 0.621. The minimum absolute atomic E-state index is 0.621. The molecule has 0 saturated heterocycles. The van der Waals surface area contributed by atoms with Crippen LogP contribution in [0.2, 0.25) is 0 Å². The van der Waals surface area contributed by atoms with Gasteiger partial charge in [-0.15, -0.1) is 0 Å². The number of nitrogens with one attached hydrogen (secondary N) is 1. The van der Waals surface area contributed by atoms with Crippen molar-refractivity contribution in [2.24, 2.45) is 0 Å². The van der Waals surface area contributed by atoms with Gasteiger partial charge in [-0.25, -0.2) is 0 Å². The van der Waals surface area contributed by atoms with Crippen LogP contribution in [-0.4, -0.2) is 4.98 Å². The van der Waals surface area contributed by atoms with E-state index in [2.05, 4.69) is 47.4 Å². The molecule has 3 nitrogen and oxygen atoms in total. The fourth-order valence-electron chi connectivity index (χ4n) is 2.75. The molecule has 3 heteroatoms. The van der Waals surface area contributed by atoms with E-state index in [1.165, 1.54) is 11.3 Å². The summed E-state index contributed by atoms with van der Waals surface area (Å²) < 4.78 is 0. The smallest absolute Gasteiger partial charge is 0.0553 e. The van der Waals surface area contributed by atoms with Crippen LogP contribution < -0.4 is 11.5 Å². The van der Waals surface area contributed by atoms with Gasteiger partial charge in [-0.3, -0.25) is 0 Å². The van der Waals surface area contributed by atoms with Crippen molar-refractivity contribution in [2.45, 2.75) is 6.42 Å². The lowest BCUT2D eigenvalue weighted by atomic mass is 10.1. The van der Waals surface area contributed by atoms with Crippen LogP contribution in [0.1, 0.15) is 22.4 Å². The first-order valence-electron chi connectivity index (χ1n) is 9.25. The summed E-state index contributed by atoms with van der Waals surface area (Å²) in [5.74, 6) is 0. The second-order valence-electron chi connectivity index (χ2n) is 6.49. The summed E-state index contributed by atoms with van der Waals surface area (Å²) in [5, 5.41) is 0. The Kier molecular flexibility index (Phi) is 6.69. The molecule has 0 saturated carbocycles. The number of H-pyrrole nitrogens is 1. The standard InChI is InChI=1S/C14H14N2.C11H11N/c15-13-9-8-12(10-14(13)16)7-6-11-4-2-1-3-5-11;1-2-5-10(6-3-1)9-11-7-4-8-12-11/h1-10H,15-16H2;1-8,12H,9H2. The number of nitrogens with two attached hydrogens (primary N) is 2. The van der Waals surface area contributed by atoms with Gasteiger partial charge in [-0.1, -0.05) is 78.9 Å². The first-order chi connectivity index (χ1) is 13.7. The van der Waals surface area contributed by atoms with Crippen LogP contribution in [0.15, 0.2) is 97.2 Å². The molecule has 4 aromatic rings. The maximum Gasteiger partial charge on any atom is 0.0553 e. The molecule has 28 heavy (non-hydrogen) atoms. The molecule has 0 amide bonds. The number of nitrogen functional groups attached to an aromatic ring is 2. The second kappa shape index (κ2) is 9.83. The van der Waals surface area contributed by atoms with Crippen LogP contribution in [0.25, 0.3) is 12.2 Å². The van der Waals surface area contributed by atoms with Gasteiger partial charge < -0.3 is 16.5 Å². The molecule has 1 heterocycles. The van der Waals surface area contributed by atoms with E-state index in [9.17, 15) is 0 Å². The molecule has 0 radical (unpaired) electrons. The molecule has 0 spiro atoms. The van der Waals surface area contributed by atoms with Gasteiger partial charge in [0.2, 0.25) is 0 Å². The average Bonchev–Trinajstić information content (AvgIpc) is 3.24. The number of aromatic amines is 1. The number of hydrogen-bond donors (Lipinski definition) is 3. The minimum Gasteiger partial charge on any atom is -0.397 e. The SMILES string of the molecule is Nc1ccc(C=Cc2ccccc2)cc1N.c1ccc(Cc2ccc[nH]2)cc1. The van der Waals surface area contributed by atoms with Crippen LogP contribution in [0.3, 0.4) is 0 Å². The fraction of sp³-hybridized carbons (Fsp3) is 0.0400. The van der Waals surface area contributed by atoms with Gasteiger partial charge in [0, 0.05) is 18.3 Å². The molecular formula is C25H25N3. The van der Waals surface area contributed by atoms with Crippen molar-refractivity contribution in [1.29, 1.82) is 0 Å². The van der Waals surface area contributed by atoms with E-state index in [1.54, 1.807) is 0 Å². The second-order valence-corrected chi connectivity index (χ2v) is 6.49. The number of anilines is 2. The van der Waals surface area contributed by atoms with E-state index in [0.717, 1.165) is 17.5 Å². The van der Waals surface area contributed by atoms with Crippen molar-refractivity contribution in [3.8, 4) is 0 Å². The molecule has 0 aliphatic heterocycles. The van der Waals surface area contributed by atoms with Crippen LogP contribution in [0.5, 0.6) is 0 Å². The Bertz CT molecular complexity index is 989. The normalized spacial score (nSPS) is 10.4. The zero-order valence-electron chi connectivity index (χ0n) is 15.8. The maximum atomic E-state index is 5.73. The maximum absolute atomic E-state index is 5.73. The summed E-state index contributed by atoms with van der Waals surface area (Å²) >= 11 is 0. The topological polar surface area (TPSA) is 67.8 Å². The fourth-order valence-corrected chi connectivity index (χ4v) is 2.75. The van der Waals surface area contributed by atoms with Gasteiger partial charge in [0.1, 0.15) is 0 Å². The van der Waals surface area contributed by atoms with E-state index >= 15 is 0 Å². The van der Waals surface area contributed by atoms with Gasteiger partial charge in [-0.2, -0.15) is 0 Å². The predicted octanol–water partition coefficient (Wildman–Crippen LogP) is 5.63. The van der Waals surface area contributed by atoms with E-state index in [-0.39, 0.29) is 0 Å². The highest BCUT2D eigenvalue weighted by atomic mass is 14.7. The van der Waals surface area contributed by atoms with E-state index in [1.807, 2.05) is 66.9 Å². The van der Waals surface area contributed by atoms with Crippen molar-refractivity contribution < 1.29 is 0 Å². The number of rotatable bonds is 4. The lowest BCUT2D eigenvalue weighted by Gasteiger charge is -2.00. The number of benzene rings is 3. The third-order valence-electron chi connectivity index (χ3n) is 4.28. The number of hydrogen-bond acceptors (Lipinski definition) is 2. The number of aromatic nitrogens is 1. The summed E-state index contributed by atoms with van der Waals surface area (Å²) in [7, 11) is 0. The van der Waals surface area contributed by atoms with E-state index in [4.69, 9.17) is 11.5 Å². The van der Waals surface area contributed by atoms with Crippen LogP contribution >= 0.6 is 0 Å². The molecule has 0 fully saturated rings. The van der Waals surface area contributed by atoms with Crippen molar-refractivity contribution in [3.63, 3.8) is 0 Å². The summed E-state index contributed by atoms with van der Waals surface area (Å²) in [6.07, 6.45) is 7.02. The third-order valence-corrected chi connectivity index (χ3v) is 4.28. The van der Waals surface area contributed by atoms with Crippen molar-refractivity contribution in [2.75, 3.05) is 11.5 Å². The summed E-state index contributed by atoms with van der Waals surface area (Å²) in [6.45, 7) is 0. The largest absolute Gasteiger partial charge is 0.397 e. The molecule has 0 aliphatic carbocycles. The Morgan fingerprint density at radius 2 is 1.32 bits per heavy atom. The third kappa shape index (κ3) is 5.92. The Morgan fingerprint density at radius 3 is 1.96 bits per heavy atom. The van der Waals surface area contributed by atoms with Crippen molar-refractivity contribution in [1.82, 2.24) is 4.98 Å². The molecule has 0 atom stereocenters. The molecule has 1 aromatic heterocycles. The quantitative estimate of drug-likeness (QED) is 0.323. The first kappa shape index (κ1) is 19.1. The average molecular weight is 367 g/mol. The van der Waals surface area contributed by atoms with Gasteiger partial charge in [0.05, 0.1) is 11.4 Å². The van der Waals surface area contributed by atoms with Crippen LogP contribution in [-0.2, 0) is 6.42 Å². The monoisotopic (exact) mass is 367 g/mol. The zero-order chi connectivity index (χ0) is 19.6. The highest BCUT2D eigenvalue weighted by Crippen LogP contribution is 2.17. The predicted molar refractivity (Wildman–Crippen MR) is 121 cm³/mol. The van der Waals surface area contributed by atoms with Gasteiger partial charge in [0.15, 0.2) is 0 Å². The van der Waals surface area contributed by atoms with Gasteiger partial charge >= 0.3 is 0 Å². The molecule has 0 bridgehead atoms. The molecule has 0 aliphatic rings. The highest BCUT2D eigenvalue weighted by Gasteiger charge is 1.94. The van der Waals surface area contributed by atoms with E-state index in [0.29, 0.717) is 11.4 Å². The van der Waals surface area contributed by atoms with Gasteiger partial charge in [0.25, 0.3) is 0 Å². The van der Waals surface area contributed by atoms with Gasteiger partial charge in [-0.05, 0) is 41.0 Å². The molecule has 0 unspecified atom stereocenters. The highest BCUT2D eigenvalue weighted by molar-refractivity contribution is 5.74. The molecule has 3 aromatic carbocycles. The first-order valence-corrected chi connectivity index (χ1v) is 9.25. The Labute approximate surface area is 166 Å². The summed E-state index contributed by atoms with van der Waals surface area (Å²) in [6, 6.07) is 30.3. The molecule has 140 valence electrons. The van der Waals surface area contributed by atoms with Crippen LogP contribution in [0.4, 0.5) is 11.4 Å². The van der Waals surface area contributed by atoms with E-state index < -0.39 is 0 Å². The lowest BCUT2D eigenvalue weighted by molar-refractivity contribution is 1.11. The summed E-state index contributed by atoms with van der Waals surface area (Å²) in [5.41, 5.74) is 17.4. The lowest BCUT2D eigenvalue weighted by Crippen LogP contribution is -1.93. The summed E-state index contributed by atoms with van der Waals surface area (Å²) in [4.78, 5) is 3.19. The van der Waals surface area contributed by atoms with Crippen molar-refractivity contribution >= 4 is 23.5 Å². The zero-order valence-corrected chi connectivity index (χ0v) is 15.8.